The van der Waals surface area contributed by atoms with Crippen LogP contribution in [0, 0.1) is 0 Å². The van der Waals surface area contributed by atoms with E-state index in [0.29, 0.717) is 0 Å². The first-order valence-electron chi connectivity index (χ1n) is 6.59. The Hall–Kier alpha value is -2.74. The van der Waals surface area contributed by atoms with Gasteiger partial charge in [0, 0.05) is 21.9 Å². The van der Waals surface area contributed by atoms with Gasteiger partial charge in [-0.05, 0) is 33.7 Å². The minimum Gasteiger partial charge on any atom is -0.507 e. The van der Waals surface area contributed by atoms with Crippen LogP contribution in [0.15, 0.2) is 48.5 Å². The summed E-state index contributed by atoms with van der Waals surface area (Å²) in [7, 11) is 0. The van der Waals surface area contributed by atoms with Gasteiger partial charge in [0.05, 0.1) is 0 Å². The van der Waals surface area contributed by atoms with Crippen LogP contribution in [-0.4, -0.2) is 10.2 Å². The zero-order valence-corrected chi connectivity index (χ0v) is 10.5. The third-order valence-corrected chi connectivity index (χ3v) is 4.35. The van der Waals surface area contributed by atoms with Gasteiger partial charge in [0.25, 0.3) is 0 Å². The molecule has 0 saturated heterocycles. The second kappa shape index (κ2) is 3.05. The van der Waals surface area contributed by atoms with E-state index in [2.05, 4.69) is 24.3 Å². The van der Waals surface area contributed by atoms with Crippen LogP contribution in [0.2, 0.25) is 0 Å². The molecule has 2 heteroatoms. The van der Waals surface area contributed by atoms with Crippen molar-refractivity contribution in [2.75, 3.05) is 0 Å². The van der Waals surface area contributed by atoms with Crippen LogP contribution in [0.25, 0.3) is 43.4 Å². The van der Waals surface area contributed by atoms with Crippen LogP contribution in [-0.2, 0) is 0 Å². The number of benzene rings is 4. The fourth-order valence-corrected chi connectivity index (χ4v) is 3.53. The van der Waals surface area contributed by atoms with Crippen molar-refractivity contribution in [1.29, 1.82) is 0 Å². The molecule has 0 aromatic heterocycles. The lowest BCUT2D eigenvalue weighted by molar-refractivity contribution is 0.470. The smallest absolute Gasteiger partial charge is 0.124 e. The summed E-state index contributed by atoms with van der Waals surface area (Å²) in [6, 6.07) is 15.6. The van der Waals surface area contributed by atoms with Crippen LogP contribution >= 0.6 is 0 Å². The molecule has 0 unspecified atom stereocenters. The molecular weight excluding hydrogens is 248 g/mol. The molecule has 0 amide bonds. The van der Waals surface area contributed by atoms with Crippen LogP contribution in [0.5, 0.6) is 11.5 Å². The monoisotopic (exact) mass is 258 g/mol. The summed E-state index contributed by atoms with van der Waals surface area (Å²) in [5.74, 6) is 0.452. The Labute approximate surface area is 114 Å². The fraction of sp³-hybridized carbons (Fsp3) is 0. The zero-order chi connectivity index (χ0) is 13.4. The average Bonchev–Trinajstić information content (AvgIpc) is 2.84. The number of phenols is 2. The van der Waals surface area contributed by atoms with Crippen molar-refractivity contribution in [3.8, 4) is 22.6 Å². The molecule has 2 N–H and O–H groups in total. The highest BCUT2D eigenvalue weighted by molar-refractivity contribution is 6.34. The molecule has 0 saturated carbocycles. The second-order valence-electron chi connectivity index (χ2n) is 5.34. The Bertz CT molecular complexity index is 979. The largest absolute Gasteiger partial charge is 0.507 e. The maximum Gasteiger partial charge on any atom is 0.124 e. The summed E-state index contributed by atoms with van der Waals surface area (Å²) < 4.78 is 0. The lowest BCUT2D eigenvalue weighted by Gasteiger charge is -2.06. The van der Waals surface area contributed by atoms with E-state index >= 15 is 0 Å². The van der Waals surface area contributed by atoms with E-state index in [1.54, 1.807) is 12.1 Å². The quantitative estimate of drug-likeness (QED) is 0.400. The number of fused-ring (bicyclic) bond motifs is 1. The van der Waals surface area contributed by atoms with E-state index in [9.17, 15) is 10.2 Å². The van der Waals surface area contributed by atoms with Crippen molar-refractivity contribution in [2.45, 2.75) is 0 Å². The SMILES string of the molecule is Oc1ccc2ccc3ccc4ccc(O)c5c4c3c2c1-5. The Morgan fingerprint density at radius 1 is 0.450 bits per heavy atom. The highest BCUT2D eigenvalue weighted by Crippen LogP contribution is 2.53. The fourth-order valence-electron chi connectivity index (χ4n) is 3.53. The number of phenolic OH excluding ortho intramolecular Hbond substituents is 2. The van der Waals surface area contributed by atoms with E-state index in [1.165, 1.54) is 0 Å². The Morgan fingerprint density at radius 3 is 1.25 bits per heavy atom. The molecule has 0 spiro atoms. The van der Waals surface area contributed by atoms with Gasteiger partial charge in [0.1, 0.15) is 11.5 Å². The van der Waals surface area contributed by atoms with Crippen LogP contribution in [0.3, 0.4) is 0 Å². The van der Waals surface area contributed by atoms with E-state index in [1.807, 2.05) is 12.1 Å². The maximum atomic E-state index is 10.3. The molecule has 0 bridgehead atoms. The van der Waals surface area contributed by atoms with Crippen LogP contribution < -0.4 is 0 Å². The van der Waals surface area contributed by atoms with Gasteiger partial charge in [-0.15, -0.1) is 0 Å². The van der Waals surface area contributed by atoms with E-state index in [4.69, 9.17) is 0 Å². The van der Waals surface area contributed by atoms with Gasteiger partial charge in [0.15, 0.2) is 0 Å². The minimum atomic E-state index is 0.226. The van der Waals surface area contributed by atoms with Gasteiger partial charge in [-0.3, -0.25) is 0 Å². The topological polar surface area (TPSA) is 40.5 Å². The van der Waals surface area contributed by atoms with Gasteiger partial charge in [-0.2, -0.15) is 0 Å². The van der Waals surface area contributed by atoms with E-state index in [0.717, 1.165) is 43.4 Å². The third-order valence-electron chi connectivity index (χ3n) is 4.35. The molecule has 0 atom stereocenters. The molecule has 0 aliphatic heterocycles. The van der Waals surface area contributed by atoms with Crippen molar-refractivity contribution in [1.82, 2.24) is 0 Å². The predicted octanol–water partition coefficient (Wildman–Crippen LogP) is 4.54. The molecule has 0 heterocycles. The molecule has 1 aliphatic rings. The lowest BCUT2D eigenvalue weighted by Crippen LogP contribution is -1.79. The number of hydrogen-bond acceptors (Lipinski definition) is 2. The third kappa shape index (κ3) is 0.946. The molecule has 4 aromatic carbocycles. The van der Waals surface area contributed by atoms with Crippen LogP contribution in [0.1, 0.15) is 0 Å². The van der Waals surface area contributed by atoms with Crippen molar-refractivity contribution in [2.24, 2.45) is 0 Å². The molecular formula is C18H10O2. The molecule has 0 fully saturated rings. The standard InChI is InChI=1S/C18H10O2/c19-12-7-5-10-3-1-9-2-4-11-6-8-13(20)18-16(11)14(9)15(10)17(12)18/h1-8,19-20H. The molecule has 94 valence electrons. The summed E-state index contributed by atoms with van der Waals surface area (Å²) in [6.07, 6.45) is 0. The summed E-state index contributed by atoms with van der Waals surface area (Å²) >= 11 is 0. The molecule has 2 nitrogen and oxygen atoms in total. The first-order valence-corrected chi connectivity index (χ1v) is 6.59. The highest BCUT2D eigenvalue weighted by Gasteiger charge is 2.25. The van der Waals surface area contributed by atoms with E-state index < -0.39 is 0 Å². The summed E-state index contributed by atoms with van der Waals surface area (Å²) in [5, 5.41) is 27.1. The Kier molecular flexibility index (Phi) is 1.54. The van der Waals surface area contributed by atoms with Crippen LogP contribution in [0.4, 0.5) is 0 Å². The molecule has 5 rings (SSSR count). The Morgan fingerprint density at radius 2 is 0.800 bits per heavy atom. The minimum absolute atomic E-state index is 0.226. The molecule has 0 radical (unpaired) electrons. The summed E-state index contributed by atoms with van der Waals surface area (Å²) in [6.45, 7) is 0. The highest BCUT2D eigenvalue weighted by atomic mass is 16.3. The zero-order valence-electron chi connectivity index (χ0n) is 10.5. The Balaban J connectivity index is 2.29. The first kappa shape index (κ1) is 10.1. The van der Waals surface area contributed by atoms with Gasteiger partial charge in [0.2, 0.25) is 0 Å². The lowest BCUT2D eigenvalue weighted by atomic mass is 10.0. The van der Waals surface area contributed by atoms with Gasteiger partial charge < -0.3 is 10.2 Å². The van der Waals surface area contributed by atoms with Gasteiger partial charge in [-0.25, -0.2) is 0 Å². The van der Waals surface area contributed by atoms with Crippen molar-refractivity contribution < 1.29 is 10.2 Å². The summed E-state index contributed by atoms with van der Waals surface area (Å²) in [5.41, 5.74) is 1.52. The second-order valence-corrected chi connectivity index (χ2v) is 5.34. The number of hydrogen-bond donors (Lipinski definition) is 2. The van der Waals surface area contributed by atoms with E-state index in [-0.39, 0.29) is 11.5 Å². The number of aromatic hydroxyl groups is 2. The maximum absolute atomic E-state index is 10.3. The molecule has 1 aliphatic carbocycles. The average molecular weight is 258 g/mol. The van der Waals surface area contributed by atoms with Gasteiger partial charge in [-0.1, -0.05) is 36.4 Å². The molecule has 20 heavy (non-hydrogen) atoms. The molecule has 4 aromatic rings. The normalized spacial score (nSPS) is 12.4. The summed E-state index contributed by atoms with van der Waals surface area (Å²) in [4.78, 5) is 0. The number of rotatable bonds is 0. The first-order chi connectivity index (χ1) is 9.75. The van der Waals surface area contributed by atoms with Crippen molar-refractivity contribution in [3.05, 3.63) is 48.5 Å². The van der Waals surface area contributed by atoms with Gasteiger partial charge >= 0.3 is 0 Å². The van der Waals surface area contributed by atoms with Crippen molar-refractivity contribution >= 4 is 32.3 Å². The predicted molar refractivity (Wildman–Crippen MR) is 81.3 cm³/mol. The van der Waals surface area contributed by atoms with Crippen molar-refractivity contribution in [3.63, 3.8) is 0 Å².